The first-order chi connectivity index (χ1) is 14.1. The number of anilines is 1. The maximum atomic E-state index is 6.40. The number of hydrogen-bond donors (Lipinski definition) is 2. The third kappa shape index (κ3) is 3.51. The fraction of sp³-hybridized carbons (Fsp3) is 0.440. The molecule has 2 aliphatic rings. The SMILES string of the molecule is CC(C)c1ccc2c(c1)OC(CC(C)N1CCc3c([nH]c4ccccc34)C1)CN2. The fourth-order valence-corrected chi connectivity index (χ4v) is 4.84. The molecule has 2 unspecified atom stereocenters. The molecular weight excluding hydrogens is 358 g/mol. The van der Waals surface area contributed by atoms with E-state index in [2.05, 4.69) is 78.4 Å². The Morgan fingerprint density at radius 1 is 1.14 bits per heavy atom. The van der Waals surface area contributed by atoms with Crippen LogP contribution in [0.2, 0.25) is 0 Å². The van der Waals surface area contributed by atoms with E-state index in [1.54, 1.807) is 0 Å². The van der Waals surface area contributed by atoms with Crippen molar-refractivity contribution in [3.05, 3.63) is 59.3 Å². The van der Waals surface area contributed by atoms with Crippen LogP contribution in [0.3, 0.4) is 0 Å². The number of hydrogen-bond acceptors (Lipinski definition) is 3. The lowest BCUT2D eigenvalue weighted by molar-refractivity contribution is 0.118. The molecular formula is C25H31N3O. The highest BCUT2D eigenvalue weighted by Crippen LogP contribution is 2.34. The van der Waals surface area contributed by atoms with Gasteiger partial charge in [-0.1, -0.05) is 38.1 Å². The van der Waals surface area contributed by atoms with Gasteiger partial charge in [-0.05, 0) is 48.6 Å². The van der Waals surface area contributed by atoms with Crippen molar-refractivity contribution in [1.82, 2.24) is 9.88 Å². The second kappa shape index (κ2) is 7.42. The molecule has 5 rings (SSSR count). The Hall–Kier alpha value is -2.46. The summed E-state index contributed by atoms with van der Waals surface area (Å²) in [7, 11) is 0. The summed E-state index contributed by atoms with van der Waals surface area (Å²) in [5, 5.41) is 4.97. The Kier molecular flexibility index (Phi) is 4.75. The van der Waals surface area contributed by atoms with Gasteiger partial charge in [-0.3, -0.25) is 4.90 Å². The molecule has 0 aliphatic carbocycles. The van der Waals surface area contributed by atoms with Crippen LogP contribution in [0.1, 0.15) is 49.9 Å². The highest BCUT2D eigenvalue weighted by Gasteiger charge is 2.28. The zero-order chi connectivity index (χ0) is 20.0. The zero-order valence-corrected chi connectivity index (χ0v) is 17.7. The topological polar surface area (TPSA) is 40.3 Å². The molecule has 29 heavy (non-hydrogen) atoms. The van der Waals surface area contributed by atoms with Gasteiger partial charge in [0.15, 0.2) is 0 Å². The molecule has 0 saturated heterocycles. The van der Waals surface area contributed by atoms with Gasteiger partial charge < -0.3 is 15.0 Å². The number of aromatic nitrogens is 1. The van der Waals surface area contributed by atoms with Gasteiger partial charge in [-0.15, -0.1) is 0 Å². The monoisotopic (exact) mass is 389 g/mol. The molecule has 3 aromatic rings. The molecule has 0 fully saturated rings. The zero-order valence-electron chi connectivity index (χ0n) is 17.7. The summed E-state index contributed by atoms with van der Waals surface area (Å²) in [5.41, 5.74) is 6.62. The smallest absolute Gasteiger partial charge is 0.143 e. The minimum Gasteiger partial charge on any atom is -0.486 e. The van der Waals surface area contributed by atoms with Crippen LogP contribution in [0, 0.1) is 0 Å². The molecule has 0 amide bonds. The summed E-state index contributed by atoms with van der Waals surface area (Å²) >= 11 is 0. The van der Waals surface area contributed by atoms with Gasteiger partial charge in [-0.25, -0.2) is 0 Å². The van der Waals surface area contributed by atoms with E-state index in [0.717, 1.165) is 43.9 Å². The molecule has 3 heterocycles. The Bertz CT molecular complexity index is 1020. The molecule has 0 radical (unpaired) electrons. The number of rotatable bonds is 4. The minimum atomic E-state index is 0.212. The van der Waals surface area contributed by atoms with Crippen LogP contribution in [0.4, 0.5) is 5.69 Å². The first kappa shape index (κ1) is 18.6. The number of fused-ring (bicyclic) bond motifs is 4. The average molecular weight is 390 g/mol. The van der Waals surface area contributed by atoms with Gasteiger partial charge >= 0.3 is 0 Å². The van der Waals surface area contributed by atoms with Crippen molar-refractivity contribution < 1.29 is 4.74 Å². The highest BCUT2D eigenvalue weighted by atomic mass is 16.5. The van der Waals surface area contributed by atoms with Crippen molar-refractivity contribution in [3.63, 3.8) is 0 Å². The molecule has 152 valence electrons. The van der Waals surface area contributed by atoms with Gasteiger partial charge in [0, 0.05) is 42.1 Å². The second-order valence-electron chi connectivity index (χ2n) is 8.96. The first-order valence-electron chi connectivity index (χ1n) is 11.0. The lowest BCUT2D eigenvalue weighted by Crippen LogP contribution is -2.42. The van der Waals surface area contributed by atoms with E-state index < -0.39 is 0 Å². The predicted octanol–water partition coefficient (Wildman–Crippen LogP) is 5.30. The van der Waals surface area contributed by atoms with E-state index >= 15 is 0 Å². The van der Waals surface area contributed by atoms with Gasteiger partial charge in [0.1, 0.15) is 11.9 Å². The number of para-hydroxylation sites is 1. The van der Waals surface area contributed by atoms with Crippen LogP contribution in [0.25, 0.3) is 10.9 Å². The standard InChI is InChI=1S/C25H31N3O/c1-16(2)18-8-9-23-25(13-18)29-19(14-26-23)12-17(3)28-11-10-21-20-6-4-5-7-22(20)27-24(21)15-28/h4-9,13,16-17,19,26-27H,10-12,14-15H2,1-3H3. The fourth-order valence-electron chi connectivity index (χ4n) is 4.84. The molecule has 0 bridgehead atoms. The normalized spacial score (nSPS) is 20.1. The van der Waals surface area contributed by atoms with Gasteiger partial charge in [0.05, 0.1) is 12.2 Å². The van der Waals surface area contributed by atoms with Gasteiger partial charge in [0.25, 0.3) is 0 Å². The number of nitrogens with one attached hydrogen (secondary N) is 2. The summed E-state index contributed by atoms with van der Waals surface area (Å²) in [4.78, 5) is 6.25. The number of H-pyrrole nitrogens is 1. The Balaban J connectivity index is 1.26. The first-order valence-corrected chi connectivity index (χ1v) is 11.0. The molecule has 1 aromatic heterocycles. The third-order valence-electron chi connectivity index (χ3n) is 6.63. The van der Waals surface area contributed by atoms with Crippen molar-refractivity contribution in [2.45, 2.75) is 58.2 Å². The van der Waals surface area contributed by atoms with Crippen LogP contribution in [-0.2, 0) is 13.0 Å². The quantitative estimate of drug-likeness (QED) is 0.636. The number of nitrogens with zero attached hydrogens (tertiary/aromatic N) is 1. The summed E-state index contributed by atoms with van der Waals surface area (Å²) in [6.45, 7) is 9.79. The van der Waals surface area contributed by atoms with Crippen molar-refractivity contribution in [2.24, 2.45) is 0 Å². The van der Waals surface area contributed by atoms with Crippen LogP contribution >= 0.6 is 0 Å². The molecule has 0 spiro atoms. The molecule has 2 N–H and O–H groups in total. The third-order valence-corrected chi connectivity index (χ3v) is 6.63. The summed E-state index contributed by atoms with van der Waals surface area (Å²) in [5.74, 6) is 1.53. The van der Waals surface area contributed by atoms with Gasteiger partial charge in [0.2, 0.25) is 0 Å². The van der Waals surface area contributed by atoms with Crippen molar-refractivity contribution in [1.29, 1.82) is 0 Å². The Labute approximate surface area is 173 Å². The van der Waals surface area contributed by atoms with E-state index in [9.17, 15) is 0 Å². The molecule has 4 nitrogen and oxygen atoms in total. The largest absolute Gasteiger partial charge is 0.486 e. The molecule has 0 saturated carbocycles. The van der Waals surface area contributed by atoms with Crippen LogP contribution in [0.15, 0.2) is 42.5 Å². The second-order valence-corrected chi connectivity index (χ2v) is 8.96. The summed E-state index contributed by atoms with van der Waals surface area (Å²) in [6.07, 6.45) is 2.37. The molecule has 2 aromatic carbocycles. The maximum absolute atomic E-state index is 6.40. The average Bonchev–Trinajstić information content (AvgIpc) is 3.11. The van der Waals surface area contributed by atoms with Crippen molar-refractivity contribution in [2.75, 3.05) is 18.4 Å². The lowest BCUT2D eigenvalue weighted by Gasteiger charge is -2.36. The molecule has 2 aliphatic heterocycles. The Morgan fingerprint density at radius 3 is 2.86 bits per heavy atom. The molecule has 4 heteroatoms. The number of aromatic amines is 1. The maximum Gasteiger partial charge on any atom is 0.143 e. The van der Waals surface area contributed by atoms with E-state index in [0.29, 0.717) is 12.0 Å². The van der Waals surface area contributed by atoms with E-state index in [4.69, 9.17) is 4.74 Å². The van der Waals surface area contributed by atoms with Crippen LogP contribution in [-0.4, -0.2) is 35.1 Å². The lowest BCUT2D eigenvalue weighted by atomic mass is 9.99. The van der Waals surface area contributed by atoms with E-state index in [-0.39, 0.29) is 6.10 Å². The van der Waals surface area contributed by atoms with Crippen LogP contribution < -0.4 is 10.1 Å². The van der Waals surface area contributed by atoms with Crippen molar-refractivity contribution in [3.8, 4) is 5.75 Å². The van der Waals surface area contributed by atoms with E-state index in [1.165, 1.54) is 27.7 Å². The highest BCUT2D eigenvalue weighted by molar-refractivity contribution is 5.84. The predicted molar refractivity (Wildman–Crippen MR) is 120 cm³/mol. The number of benzene rings is 2. The van der Waals surface area contributed by atoms with Crippen molar-refractivity contribution >= 4 is 16.6 Å². The van der Waals surface area contributed by atoms with Gasteiger partial charge in [-0.2, -0.15) is 0 Å². The van der Waals surface area contributed by atoms with E-state index in [1.807, 2.05) is 0 Å². The summed E-state index contributed by atoms with van der Waals surface area (Å²) < 4.78 is 6.40. The Morgan fingerprint density at radius 2 is 2.00 bits per heavy atom. The summed E-state index contributed by atoms with van der Waals surface area (Å²) in [6, 6.07) is 15.7. The number of ether oxygens (including phenoxy) is 1. The van der Waals surface area contributed by atoms with Crippen LogP contribution in [0.5, 0.6) is 5.75 Å². The minimum absolute atomic E-state index is 0.212. The molecule has 2 atom stereocenters.